The van der Waals surface area contributed by atoms with Crippen LogP contribution >= 0.6 is 0 Å². The molecule has 0 aliphatic heterocycles. The molecule has 106 valence electrons. The van der Waals surface area contributed by atoms with Gasteiger partial charge in [-0.1, -0.05) is 13.3 Å². The minimum Gasteiger partial charge on any atom is -0.478 e. The average molecular weight is 264 g/mol. The van der Waals surface area contributed by atoms with Gasteiger partial charge in [-0.2, -0.15) is 0 Å². The first-order chi connectivity index (χ1) is 9.30. The lowest BCUT2D eigenvalue weighted by molar-refractivity contribution is 0.326. The van der Waals surface area contributed by atoms with E-state index in [4.69, 9.17) is 4.74 Å². The first-order valence-corrected chi connectivity index (χ1v) is 6.82. The van der Waals surface area contributed by atoms with Crippen molar-refractivity contribution in [2.75, 3.05) is 20.2 Å². The Balaban J connectivity index is 2.43. The molecule has 0 aliphatic rings. The van der Waals surface area contributed by atoms with Crippen molar-refractivity contribution in [2.24, 2.45) is 4.99 Å². The van der Waals surface area contributed by atoms with Gasteiger partial charge in [-0.05, 0) is 25.0 Å². The molecule has 5 nitrogen and oxygen atoms in total. The Morgan fingerprint density at radius 2 is 2.21 bits per heavy atom. The summed E-state index contributed by atoms with van der Waals surface area (Å²) in [5, 5.41) is 6.54. The molecule has 0 aliphatic carbocycles. The number of unbranched alkanes of at least 4 members (excludes halogenated alkanes) is 1. The summed E-state index contributed by atoms with van der Waals surface area (Å²) in [7, 11) is 1.78. The minimum absolute atomic E-state index is 0.629. The maximum Gasteiger partial charge on any atom is 0.213 e. The van der Waals surface area contributed by atoms with Crippen molar-refractivity contribution in [3.8, 4) is 5.88 Å². The van der Waals surface area contributed by atoms with Gasteiger partial charge in [0.25, 0.3) is 0 Å². The van der Waals surface area contributed by atoms with E-state index >= 15 is 0 Å². The van der Waals surface area contributed by atoms with E-state index in [2.05, 4.69) is 27.5 Å². The summed E-state index contributed by atoms with van der Waals surface area (Å²) < 4.78 is 5.37. The van der Waals surface area contributed by atoms with Crippen molar-refractivity contribution in [3.63, 3.8) is 0 Å². The fourth-order valence-electron chi connectivity index (χ4n) is 1.58. The number of nitrogens with one attached hydrogen (secondary N) is 2. The second kappa shape index (κ2) is 9.19. The molecule has 1 rings (SSSR count). The van der Waals surface area contributed by atoms with Crippen molar-refractivity contribution < 1.29 is 4.74 Å². The molecule has 0 saturated heterocycles. The molecule has 0 spiro atoms. The van der Waals surface area contributed by atoms with Crippen molar-refractivity contribution >= 4 is 5.96 Å². The number of hydrogen-bond acceptors (Lipinski definition) is 3. The topological polar surface area (TPSA) is 58.5 Å². The maximum atomic E-state index is 5.37. The molecule has 19 heavy (non-hydrogen) atoms. The molecule has 0 aromatic carbocycles. The van der Waals surface area contributed by atoms with Crippen LogP contribution in [0.25, 0.3) is 0 Å². The second-order valence-electron chi connectivity index (χ2n) is 4.14. The normalized spacial score (nSPS) is 11.2. The standard InChI is InChI=1S/C14H24N4O/c1-4-6-8-17-14(15-3)18-11-12-7-9-16-13(10-12)19-5-2/h7,9-10H,4-6,8,11H2,1-3H3,(H2,15,17,18). The molecule has 0 atom stereocenters. The van der Waals surface area contributed by atoms with Crippen LogP contribution in [0.5, 0.6) is 5.88 Å². The molecule has 1 aromatic heterocycles. The quantitative estimate of drug-likeness (QED) is 0.449. The van der Waals surface area contributed by atoms with E-state index in [0.717, 1.165) is 24.5 Å². The zero-order chi connectivity index (χ0) is 13.9. The van der Waals surface area contributed by atoms with Gasteiger partial charge < -0.3 is 15.4 Å². The Kier molecular flexibility index (Phi) is 7.39. The zero-order valence-electron chi connectivity index (χ0n) is 12.1. The number of guanidine groups is 1. The highest BCUT2D eigenvalue weighted by molar-refractivity contribution is 5.79. The number of aliphatic imine (C=N–C) groups is 1. The SMILES string of the molecule is CCCCNC(=NC)NCc1ccnc(OCC)c1. The Bertz CT molecular complexity index is 393. The first-order valence-electron chi connectivity index (χ1n) is 6.82. The molecular formula is C14H24N4O. The summed E-state index contributed by atoms with van der Waals surface area (Å²) in [6.07, 6.45) is 4.08. The van der Waals surface area contributed by atoms with Gasteiger partial charge in [-0.15, -0.1) is 0 Å². The predicted molar refractivity (Wildman–Crippen MR) is 78.5 cm³/mol. The Hall–Kier alpha value is -1.78. The Morgan fingerprint density at radius 3 is 2.89 bits per heavy atom. The van der Waals surface area contributed by atoms with Gasteiger partial charge in [0, 0.05) is 32.4 Å². The number of pyridine rings is 1. The van der Waals surface area contributed by atoms with Crippen LogP contribution in [0.1, 0.15) is 32.3 Å². The number of hydrogen-bond donors (Lipinski definition) is 2. The summed E-state index contributed by atoms with van der Waals surface area (Å²) >= 11 is 0. The van der Waals surface area contributed by atoms with E-state index in [9.17, 15) is 0 Å². The minimum atomic E-state index is 0.629. The smallest absolute Gasteiger partial charge is 0.213 e. The average Bonchev–Trinajstić information content (AvgIpc) is 2.43. The van der Waals surface area contributed by atoms with Gasteiger partial charge in [0.1, 0.15) is 0 Å². The van der Waals surface area contributed by atoms with Gasteiger partial charge in [0.2, 0.25) is 5.88 Å². The summed E-state index contributed by atoms with van der Waals surface area (Å²) in [5.41, 5.74) is 1.12. The fraction of sp³-hybridized carbons (Fsp3) is 0.571. The molecule has 0 unspecified atom stereocenters. The zero-order valence-corrected chi connectivity index (χ0v) is 12.1. The van der Waals surface area contributed by atoms with Crippen molar-refractivity contribution in [1.29, 1.82) is 0 Å². The van der Waals surface area contributed by atoms with Crippen LogP contribution in [0, 0.1) is 0 Å². The van der Waals surface area contributed by atoms with Crippen LogP contribution in [-0.2, 0) is 6.54 Å². The highest BCUT2D eigenvalue weighted by Crippen LogP contribution is 2.08. The highest BCUT2D eigenvalue weighted by Gasteiger charge is 2.00. The van der Waals surface area contributed by atoms with Gasteiger partial charge >= 0.3 is 0 Å². The third-order valence-corrected chi connectivity index (χ3v) is 2.60. The molecule has 0 fully saturated rings. The maximum absolute atomic E-state index is 5.37. The van der Waals surface area contributed by atoms with Crippen molar-refractivity contribution in [2.45, 2.75) is 33.2 Å². The van der Waals surface area contributed by atoms with Gasteiger partial charge in [0.05, 0.1) is 6.61 Å². The van der Waals surface area contributed by atoms with Gasteiger partial charge in [-0.25, -0.2) is 4.98 Å². The van der Waals surface area contributed by atoms with E-state index in [0.29, 0.717) is 19.0 Å². The summed E-state index contributed by atoms with van der Waals surface area (Å²) in [4.78, 5) is 8.32. The molecule has 0 amide bonds. The monoisotopic (exact) mass is 264 g/mol. The number of rotatable bonds is 7. The molecular weight excluding hydrogens is 240 g/mol. The van der Waals surface area contributed by atoms with Crippen molar-refractivity contribution in [1.82, 2.24) is 15.6 Å². The number of aromatic nitrogens is 1. The molecule has 2 N–H and O–H groups in total. The van der Waals surface area contributed by atoms with Crippen LogP contribution in [-0.4, -0.2) is 31.1 Å². The Morgan fingerprint density at radius 1 is 1.37 bits per heavy atom. The molecule has 1 aromatic rings. The highest BCUT2D eigenvalue weighted by atomic mass is 16.5. The van der Waals surface area contributed by atoms with Crippen molar-refractivity contribution in [3.05, 3.63) is 23.9 Å². The van der Waals surface area contributed by atoms with Gasteiger partial charge in [0.15, 0.2) is 5.96 Å². The lowest BCUT2D eigenvalue weighted by Gasteiger charge is -2.12. The van der Waals surface area contributed by atoms with E-state index in [1.807, 2.05) is 19.1 Å². The van der Waals surface area contributed by atoms with Crippen LogP contribution in [0.15, 0.2) is 23.3 Å². The largest absolute Gasteiger partial charge is 0.478 e. The summed E-state index contributed by atoms with van der Waals surface area (Å²) in [6, 6.07) is 3.91. The van der Waals surface area contributed by atoms with Crippen LogP contribution < -0.4 is 15.4 Å². The number of nitrogens with zero attached hydrogens (tertiary/aromatic N) is 2. The van der Waals surface area contributed by atoms with Crippen LogP contribution in [0.3, 0.4) is 0 Å². The lowest BCUT2D eigenvalue weighted by atomic mass is 10.2. The third kappa shape index (κ3) is 6.08. The van der Waals surface area contributed by atoms with E-state index in [1.54, 1.807) is 13.2 Å². The third-order valence-electron chi connectivity index (χ3n) is 2.60. The second-order valence-corrected chi connectivity index (χ2v) is 4.14. The lowest BCUT2D eigenvalue weighted by Crippen LogP contribution is -2.37. The molecule has 0 radical (unpaired) electrons. The summed E-state index contributed by atoms with van der Waals surface area (Å²) in [5.74, 6) is 1.49. The fourth-order valence-corrected chi connectivity index (χ4v) is 1.58. The van der Waals surface area contributed by atoms with Crippen LogP contribution in [0.2, 0.25) is 0 Å². The van der Waals surface area contributed by atoms with E-state index in [1.165, 1.54) is 6.42 Å². The van der Waals surface area contributed by atoms with E-state index in [-0.39, 0.29) is 0 Å². The first kappa shape index (κ1) is 15.3. The molecule has 0 saturated carbocycles. The predicted octanol–water partition coefficient (Wildman–Crippen LogP) is 1.95. The Labute approximate surface area is 115 Å². The summed E-state index contributed by atoms with van der Waals surface area (Å²) in [6.45, 7) is 6.39. The molecule has 0 bridgehead atoms. The van der Waals surface area contributed by atoms with Gasteiger partial charge in [-0.3, -0.25) is 4.99 Å². The molecule has 5 heteroatoms. The van der Waals surface area contributed by atoms with E-state index < -0.39 is 0 Å². The molecule has 1 heterocycles. The number of ether oxygens (including phenoxy) is 1. The van der Waals surface area contributed by atoms with Crippen LogP contribution in [0.4, 0.5) is 0 Å².